The molecule has 6 rings (SSSR count). The monoisotopic (exact) mass is 787 g/mol. The molecule has 2 aliphatic heterocycles. The number of benzene rings is 1. The maximum atomic E-state index is 14.8. The molecule has 4 fully saturated rings. The number of amides is 4. The lowest BCUT2D eigenvalue weighted by molar-refractivity contribution is -0.142. The first-order valence-electron chi connectivity index (χ1n) is 19.3. The molecule has 0 bridgehead atoms. The zero-order valence-corrected chi connectivity index (χ0v) is 33.3. The molecule has 2 saturated heterocycles. The molecule has 3 N–H and O–H groups in total. The minimum Gasteiger partial charge on any atom is -0.494 e. The standard InChI is InChI=1S/C39H54FN5O9S/c1-23-11-7-8-12-25-19-39(25,35(48)44-55(50,51)38(22-40)15-16-38)43-32(46)29-18-26(53-33-28-14-10-9-13-27(28)30(52-6)20-41-33)21-45(29)34(47)31(24(2)17-23)42-36(49)54-37(3,4)5/h9-10,13-14,20,23-26,29,31H,7-8,11-12,15-19,21-22H2,1-6H3,(H,42,49)(H,43,46)(H,44,48)/t23-,24+,25+,26+,29-,31-,39+/m0/s1. The van der Waals surface area contributed by atoms with Crippen LogP contribution in [-0.2, 0) is 29.1 Å². The van der Waals surface area contributed by atoms with Crippen molar-refractivity contribution >= 4 is 44.6 Å². The summed E-state index contributed by atoms with van der Waals surface area (Å²) in [5, 5.41) is 7.09. The molecule has 2 aliphatic carbocycles. The number of sulfonamides is 1. The van der Waals surface area contributed by atoms with Crippen LogP contribution in [0.1, 0.15) is 92.4 Å². The SMILES string of the molecule is COc1cnc(O[C@@H]2C[C@H]3C(=O)N[C@]4(C(=O)NS(=O)(=O)C5(CF)CC5)C[C@H]4CCCC[C@H](C)C[C@@H](C)[C@H](NC(=O)OC(C)(C)C)C(=O)N3C2)c2ccccc12. The van der Waals surface area contributed by atoms with Crippen LogP contribution in [-0.4, -0.2) is 96.5 Å². The largest absolute Gasteiger partial charge is 0.494 e. The molecule has 14 nitrogen and oxygen atoms in total. The third kappa shape index (κ3) is 8.48. The predicted octanol–water partition coefficient (Wildman–Crippen LogP) is 4.54. The van der Waals surface area contributed by atoms with E-state index in [1.807, 2.05) is 31.2 Å². The Kier molecular flexibility index (Phi) is 11.3. The van der Waals surface area contributed by atoms with Gasteiger partial charge in [0.2, 0.25) is 27.7 Å². The highest BCUT2D eigenvalue weighted by Crippen LogP contribution is 2.49. The fourth-order valence-electron chi connectivity index (χ4n) is 8.17. The maximum Gasteiger partial charge on any atom is 0.408 e. The second kappa shape index (κ2) is 15.4. The summed E-state index contributed by atoms with van der Waals surface area (Å²) in [6, 6.07) is 5.15. The molecule has 0 radical (unpaired) electrons. The fourth-order valence-corrected chi connectivity index (χ4v) is 9.59. The van der Waals surface area contributed by atoms with Crippen LogP contribution in [0.25, 0.3) is 10.8 Å². The number of nitrogens with zero attached hydrogens (tertiary/aromatic N) is 2. The number of alkyl halides is 1. The van der Waals surface area contributed by atoms with Crippen molar-refractivity contribution in [3.63, 3.8) is 0 Å². The van der Waals surface area contributed by atoms with E-state index in [2.05, 4.69) is 27.3 Å². The molecule has 302 valence electrons. The van der Waals surface area contributed by atoms with Gasteiger partial charge in [0.1, 0.15) is 46.5 Å². The Hall–Kier alpha value is -4.21. The highest BCUT2D eigenvalue weighted by molar-refractivity contribution is 7.91. The van der Waals surface area contributed by atoms with E-state index in [0.29, 0.717) is 24.0 Å². The second-order valence-corrected chi connectivity index (χ2v) is 19.1. The number of fused-ring (bicyclic) bond motifs is 3. The van der Waals surface area contributed by atoms with Crippen molar-refractivity contribution in [1.82, 2.24) is 25.2 Å². The molecular formula is C39H54FN5O9S. The molecule has 16 heteroatoms. The number of hydrogen-bond donors (Lipinski definition) is 3. The summed E-state index contributed by atoms with van der Waals surface area (Å²) in [5.41, 5.74) is -2.40. The van der Waals surface area contributed by atoms with E-state index < -0.39 is 74.6 Å². The van der Waals surface area contributed by atoms with Gasteiger partial charge in [0.05, 0.1) is 19.9 Å². The van der Waals surface area contributed by atoms with Gasteiger partial charge in [0, 0.05) is 17.2 Å². The summed E-state index contributed by atoms with van der Waals surface area (Å²) >= 11 is 0. The molecule has 55 heavy (non-hydrogen) atoms. The molecule has 4 amide bonds. The first-order chi connectivity index (χ1) is 25.9. The van der Waals surface area contributed by atoms with Crippen molar-refractivity contribution in [1.29, 1.82) is 0 Å². The van der Waals surface area contributed by atoms with E-state index in [1.165, 1.54) is 18.2 Å². The van der Waals surface area contributed by atoms with Crippen LogP contribution in [0.3, 0.4) is 0 Å². The summed E-state index contributed by atoms with van der Waals surface area (Å²) in [6.45, 7) is 7.97. The fraction of sp³-hybridized carbons (Fsp3) is 0.667. The number of methoxy groups -OCH3 is 1. The van der Waals surface area contributed by atoms with Crippen LogP contribution >= 0.6 is 0 Å². The average Bonchev–Trinajstić information content (AvgIpc) is 4.02. The molecule has 4 aliphatic rings. The normalized spacial score (nSPS) is 29.8. The summed E-state index contributed by atoms with van der Waals surface area (Å²) in [4.78, 5) is 62.2. The van der Waals surface area contributed by atoms with Gasteiger partial charge in [-0.3, -0.25) is 19.1 Å². The Labute approximate surface area is 322 Å². The van der Waals surface area contributed by atoms with Crippen LogP contribution in [0.15, 0.2) is 30.5 Å². The quantitative estimate of drug-likeness (QED) is 0.344. The number of carbonyl (C=O) groups is 4. The summed E-state index contributed by atoms with van der Waals surface area (Å²) in [6.07, 6.45) is 3.93. The van der Waals surface area contributed by atoms with E-state index >= 15 is 0 Å². The lowest BCUT2D eigenvalue weighted by Crippen LogP contribution is -2.59. The minimum atomic E-state index is -4.36. The van der Waals surface area contributed by atoms with Crippen molar-refractivity contribution in [3.8, 4) is 11.6 Å². The van der Waals surface area contributed by atoms with Gasteiger partial charge in [0.25, 0.3) is 5.91 Å². The molecule has 2 aromatic rings. The van der Waals surface area contributed by atoms with E-state index in [9.17, 15) is 32.0 Å². The first-order valence-corrected chi connectivity index (χ1v) is 20.7. The number of alkyl carbamates (subject to hydrolysis) is 1. The third-order valence-corrected chi connectivity index (χ3v) is 13.7. The van der Waals surface area contributed by atoms with Crippen molar-refractivity contribution in [3.05, 3.63) is 30.5 Å². The number of aromatic nitrogens is 1. The smallest absolute Gasteiger partial charge is 0.408 e. The highest BCUT2D eigenvalue weighted by Gasteiger charge is 2.64. The summed E-state index contributed by atoms with van der Waals surface area (Å²) in [5.74, 6) is -1.82. The van der Waals surface area contributed by atoms with Crippen molar-refractivity contribution in [2.45, 2.75) is 126 Å². The van der Waals surface area contributed by atoms with Gasteiger partial charge in [-0.2, -0.15) is 0 Å². The van der Waals surface area contributed by atoms with Crippen LogP contribution in [0.5, 0.6) is 11.6 Å². The summed E-state index contributed by atoms with van der Waals surface area (Å²) in [7, 11) is -2.82. The Morgan fingerprint density at radius 2 is 1.76 bits per heavy atom. The van der Waals surface area contributed by atoms with Gasteiger partial charge in [-0.25, -0.2) is 22.6 Å². The molecular weight excluding hydrogens is 734 g/mol. The lowest BCUT2D eigenvalue weighted by atomic mass is 9.87. The van der Waals surface area contributed by atoms with Gasteiger partial charge in [-0.1, -0.05) is 51.3 Å². The average molecular weight is 788 g/mol. The lowest BCUT2D eigenvalue weighted by Gasteiger charge is -2.33. The van der Waals surface area contributed by atoms with E-state index in [-0.39, 0.29) is 55.9 Å². The van der Waals surface area contributed by atoms with Gasteiger partial charge in [-0.15, -0.1) is 0 Å². The molecule has 0 spiro atoms. The van der Waals surface area contributed by atoms with Gasteiger partial charge in [-0.05, 0) is 76.7 Å². The number of ether oxygens (including phenoxy) is 3. The molecule has 1 aromatic carbocycles. The maximum absolute atomic E-state index is 14.8. The van der Waals surface area contributed by atoms with Gasteiger partial charge >= 0.3 is 6.09 Å². The zero-order chi connectivity index (χ0) is 39.9. The number of hydrogen-bond acceptors (Lipinski definition) is 10. The van der Waals surface area contributed by atoms with Crippen molar-refractivity contribution in [2.24, 2.45) is 17.8 Å². The topological polar surface area (TPSA) is 182 Å². The minimum absolute atomic E-state index is 0.00910. The number of carbonyl (C=O) groups excluding carboxylic acids is 4. The molecule has 1 aromatic heterocycles. The van der Waals surface area contributed by atoms with E-state index in [4.69, 9.17) is 14.2 Å². The Morgan fingerprint density at radius 3 is 2.42 bits per heavy atom. The molecule has 0 unspecified atom stereocenters. The molecule has 7 atom stereocenters. The number of nitrogens with one attached hydrogen (secondary N) is 3. The number of pyridine rings is 1. The number of halogens is 1. The third-order valence-electron chi connectivity index (χ3n) is 11.6. The van der Waals surface area contributed by atoms with Crippen LogP contribution < -0.4 is 24.8 Å². The van der Waals surface area contributed by atoms with Crippen LogP contribution in [0.4, 0.5) is 9.18 Å². The molecule has 3 heterocycles. The van der Waals surface area contributed by atoms with Crippen LogP contribution in [0, 0.1) is 17.8 Å². The van der Waals surface area contributed by atoms with Crippen molar-refractivity contribution in [2.75, 3.05) is 20.3 Å². The van der Waals surface area contributed by atoms with Gasteiger partial charge in [0.15, 0.2) is 0 Å². The Morgan fingerprint density at radius 1 is 1.07 bits per heavy atom. The second-order valence-electron chi connectivity index (χ2n) is 17.0. The number of rotatable bonds is 8. The highest BCUT2D eigenvalue weighted by atomic mass is 32.2. The Bertz CT molecular complexity index is 1920. The molecule has 2 saturated carbocycles. The summed E-state index contributed by atoms with van der Waals surface area (Å²) < 4.78 is 58.2. The zero-order valence-electron chi connectivity index (χ0n) is 32.5. The first kappa shape index (κ1) is 40.5. The predicted molar refractivity (Wildman–Crippen MR) is 201 cm³/mol. The van der Waals surface area contributed by atoms with E-state index in [0.717, 1.165) is 24.6 Å². The van der Waals surface area contributed by atoms with E-state index in [1.54, 1.807) is 20.8 Å². The van der Waals surface area contributed by atoms with Gasteiger partial charge < -0.3 is 29.7 Å². The van der Waals surface area contributed by atoms with Crippen molar-refractivity contribution < 1.29 is 46.2 Å². The Balaban J connectivity index is 1.34. The van der Waals surface area contributed by atoms with Crippen LogP contribution in [0.2, 0.25) is 0 Å².